The van der Waals surface area contributed by atoms with Crippen molar-refractivity contribution in [1.29, 1.82) is 0 Å². The topological polar surface area (TPSA) is 49.3 Å². The Morgan fingerprint density at radius 2 is 1.71 bits per heavy atom. The number of aliphatic hydroxyl groups is 1. The van der Waals surface area contributed by atoms with E-state index in [2.05, 4.69) is 5.32 Å². The fourth-order valence-electron chi connectivity index (χ4n) is 2.00. The van der Waals surface area contributed by atoms with Gasteiger partial charge in [0.1, 0.15) is 0 Å². The Kier molecular flexibility index (Phi) is 5.90. The van der Waals surface area contributed by atoms with E-state index in [1.807, 2.05) is 0 Å². The van der Waals surface area contributed by atoms with Crippen LogP contribution < -0.4 is 5.32 Å². The molecular weight excluding hydrogens is 339 g/mol. The quantitative estimate of drug-likeness (QED) is 0.777. The summed E-state index contributed by atoms with van der Waals surface area (Å²) in [5.41, 5.74) is 0.375. The number of aliphatic hydroxyl groups excluding tert-OH is 1. The molecule has 2 aromatic carbocycles. The fourth-order valence-corrected chi connectivity index (χ4v) is 2.87. The van der Waals surface area contributed by atoms with Crippen LogP contribution in [0.5, 0.6) is 0 Å². The zero-order chi connectivity index (χ0) is 17.7. The number of alkyl halides is 3. The maximum absolute atomic E-state index is 12.5. The van der Waals surface area contributed by atoms with Crippen LogP contribution in [0.4, 0.5) is 18.9 Å². The third kappa shape index (κ3) is 5.28. The van der Waals surface area contributed by atoms with Gasteiger partial charge in [-0.25, -0.2) is 0 Å². The first-order chi connectivity index (χ1) is 11.3. The summed E-state index contributed by atoms with van der Waals surface area (Å²) >= 11 is 1.38. The van der Waals surface area contributed by atoms with Gasteiger partial charge in [0.05, 0.1) is 11.7 Å². The van der Waals surface area contributed by atoms with Crippen molar-refractivity contribution < 1.29 is 23.1 Å². The average molecular weight is 355 g/mol. The van der Waals surface area contributed by atoms with Crippen LogP contribution in [0, 0.1) is 0 Å². The highest BCUT2D eigenvalue weighted by Gasteiger charge is 2.30. The Labute approximate surface area is 141 Å². The summed E-state index contributed by atoms with van der Waals surface area (Å²) in [4.78, 5) is 11.8. The van der Waals surface area contributed by atoms with Crippen molar-refractivity contribution >= 4 is 23.4 Å². The zero-order valence-corrected chi connectivity index (χ0v) is 13.6. The monoisotopic (exact) mass is 355 g/mol. The largest absolute Gasteiger partial charge is 0.416 e. The number of carbonyl (C=O) groups is 1. The zero-order valence-electron chi connectivity index (χ0n) is 12.8. The van der Waals surface area contributed by atoms with Gasteiger partial charge in [0.25, 0.3) is 0 Å². The number of nitrogens with one attached hydrogen (secondary N) is 1. The second-order valence-electron chi connectivity index (χ2n) is 5.15. The average Bonchev–Trinajstić information content (AvgIpc) is 2.52. The summed E-state index contributed by atoms with van der Waals surface area (Å²) in [6.07, 6.45) is -5.25. The van der Waals surface area contributed by atoms with Crippen LogP contribution in [-0.2, 0) is 11.0 Å². The Hall–Kier alpha value is -1.99. The van der Waals surface area contributed by atoms with Crippen molar-refractivity contribution in [3.63, 3.8) is 0 Å². The van der Waals surface area contributed by atoms with Crippen molar-refractivity contribution in [2.45, 2.75) is 24.1 Å². The van der Waals surface area contributed by atoms with Crippen molar-refractivity contribution in [3.8, 4) is 0 Å². The molecule has 2 rings (SSSR count). The lowest BCUT2D eigenvalue weighted by atomic mass is 10.1. The number of anilines is 1. The van der Waals surface area contributed by atoms with Crippen molar-refractivity contribution in [3.05, 3.63) is 59.7 Å². The molecule has 2 N–H and O–H groups in total. The molecule has 1 atom stereocenters. The second-order valence-corrected chi connectivity index (χ2v) is 6.25. The van der Waals surface area contributed by atoms with Crippen molar-refractivity contribution in [2.75, 3.05) is 11.1 Å². The van der Waals surface area contributed by atoms with Crippen LogP contribution in [0.15, 0.2) is 53.4 Å². The van der Waals surface area contributed by atoms with Crippen LogP contribution in [0.2, 0.25) is 0 Å². The molecule has 0 heterocycles. The minimum Gasteiger partial charge on any atom is -0.388 e. The third-order valence-electron chi connectivity index (χ3n) is 3.21. The molecule has 0 spiro atoms. The molecule has 1 amide bonds. The normalized spacial score (nSPS) is 12.7. The maximum atomic E-state index is 12.5. The van der Waals surface area contributed by atoms with E-state index in [0.717, 1.165) is 17.0 Å². The van der Waals surface area contributed by atoms with Gasteiger partial charge < -0.3 is 10.4 Å². The van der Waals surface area contributed by atoms with E-state index in [1.54, 1.807) is 24.3 Å². The number of amides is 1. The Balaban J connectivity index is 1.92. The molecule has 0 aliphatic rings. The van der Waals surface area contributed by atoms with Gasteiger partial charge in [-0.15, -0.1) is 11.8 Å². The lowest BCUT2D eigenvalue weighted by molar-refractivity contribution is -0.137. The van der Waals surface area contributed by atoms with Crippen LogP contribution in [-0.4, -0.2) is 16.8 Å². The van der Waals surface area contributed by atoms with E-state index in [0.29, 0.717) is 17.0 Å². The first kappa shape index (κ1) is 18.4. The van der Waals surface area contributed by atoms with E-state index in [1.165, 1.54) is 30.8 Å². The summed E-state index contributed by atoms with van der Waals surface area (Å²) in [7, 11) is 0. The van der Waals surface area contributed by atoms with Gasteiger partial charge in [-0.1, -0.05) is 12.1 Å². The number of carbonyl (C=O) groups excluding carboxylic acids is 1. The lowest BCUT2D eigenvalue weighted by Crippen LogP contribution is -2.06. The standard InChI is InChI=1S/C17H16F3NO2S/c1-11(22)21-14-6-8-15(9-7-14)24-10-16(23)12-2-4-13(5-3-12)17(18,19)20/h2-9,16,23H,10H2,1H3,(H,21,22). The van der Waals surface area contributed by atoms with Crippen LogP contribution >= 0.6 is 11.8 Å². The molecular formula is C17H16F3NO2S. The van der Waals surface area contributed by atoms with E-state index < -0.39 is 17.8 Å². The molecule has 0 aromatic heterocycles. The molecule has 128 valence electrons. The van der Waals surface area contributed by atoms with Crippen molar-refractivity contribution in [1.82, 2.24) is 0 Å². The number of rotatable bonds is 5. The first-order valence-corrected chi connectivity index (χ1v) is 8.10. The first-order valence-electron chi connectivity index (χ1n) is 7.11. The number of hydrogen-bond donors (Lipinski definition) is 2. The predicted octanol–water partition coefficient (Wildman–Crippen LogP) is 4.49. The highest BCUT2D eigenvalue weighted by Crippen LogP contribution is 2.31. The molecule has 2 aromatic rings. The van der Waals surface area contributed by atoms with Gasteiger partial charge in [-0.05, 0) is 42.0 Å². The maximum Gasteiger partial charge on any atom is 0.416 e. The molecule has 0 radical (unpaired) electrons. The van der Waals surface area contributed by atoms with Gasteiger partial charge in [-0.3, -0.25) is 4.79 Å². The third-order valence-corrected chi connectivity index (χ3v) is 4.29. The van der Waals surface area contributed by atoms with Gasteiger partial charge in [0.15, 0.2) is 0 Å². The number of benzene rings is 2. The van der Waals surface area contributed by atoms with Crippen LogP contribution in [0.25, 0.3) is 0 Å². The van der Waals surface area contributed by atoms with E-state index in [4.69, 9.17) is 0 Å². The van der Waals surface area contributed by atoms with Gasteiger partial charge in [0.2, 0.25) is 5.91 Å². The van der Waals surface area contributed by atoms with E-state index >= 15 is 0 Å². The summed E-state index contributed by atoms with van der Waals surface area (Å²) < 4.78 is 37.5. The number of thioether (sulfide) groups is 1. The summed E-state index contributed by atoms with van der Waals surface area (Å²) in [5, 5.41) is 12.7. The van der Waals surface area contributed by atoms with Crippen LogP contribution in [0.1, 0.15) is 24.2 Å². The van der Waals surface area contributed by atoms with E-state index in [-0.39, 0.29) is 5.91 Å². The number of hydrogen-bond acceptors (Lipinski definition) is 3. The number of halogens is 3. The predicted molar refractivity (Wildman–Crippen MR) is 87.9 cm³/mol. The molecule has 0 bridgehead atoms. The molecule has 0 fully saturated rings. The Bertz CT molecular complexity index is 684. The second kappa shape index (κ2) is 7.72. The minimum atomic E-state index is -4.38. The summed E-state index contributed by atoms with van der Waals surface area (Å²) in [5.74, 6) is 0.151. The molecule has 1 unspecified atom stereocenters. The smallest absolute Gasteiger partial charge is 0.388 e. The lowest BCUT2D eigenvalue weighted by Gasteiger charge is -2.13. The molecule has 7 heteroatoms. The Morgan fingerprint density at radius 1 is 1.12 bits per heavy atom. The summed E-state index contributed by atoms with van der Waals surface area (Å²) in [6, 6.07) is 11.6. The minimum absolute atomic E-state index is 0.159. The van der Waals surface area contributed by atoms with Gasteiger partial charge in [-0.2, -0.15) is 13.2 Å². The molecule has 0 aliphatic heterocycles. The Morgan fingerprint density at radius 3 is 2.21 bits per heavy atom. The van der Waals surface area contributed by atoms with E-state index in [9.17, 15) is 23.1 Å². The SMILES string of the molecule is CC(=O)Nc1ccc(SCC(O)c2ccc(C(F)(F)F)cc2)cc1. The van der Waals surface area contributed by atoms with Gasteiger partial charge >= 0.3 is 6.18 Å². The molecule has 0 saturated carbocycles. The highest BCUT2D eigenvalue weighted by atomic mass is 32.2. The molecule has 0 saturated heterocycles. The fraction of sp³-hybridized carbons (Fsp3) is 0.235. The molecule has 24 heavy (non-hydrogen) atoms. The molecule has 0 aliphatic carbocycles. The van der Waals surface area contributed by atoms with Crippen LogP contribution in [0.3, 0.4) is 0 Å². The van der Waals surface area contributed by atoms with Crippen molar-refractivity contribution in [2.24, 2.45) is 0 Å². The highest BCUT2D eigenvalue weighted by molar-refractivity contribution is 7.99. The molecule has 3 nitrogen and oxygen atoms in total. The van der Waals surface area contributed by atoms with Gasteiger partial charge in [0, 0.05) is 23.3 Å². The summed E-state index contributed by atoms with van der Waals surface area (Å²) in [6.45, 7) is 1.42.